The van der Waals surface area contributed by atoms with Gasteiger partial charge < -0.3 is 15.7 Å². The maximum atomic E-state index is 11.3. The minimum atomic E-state index is -0.974. The zero-order chi connectivity index (χ0) is 14.1. The Balaban J connectivity index is 2.44. The lowest BCUT2D eigenvalue weighted by Crippen LogP contribution is -2.35. The zero-order valence-corrected chi connectivity index (χ0v) is 10.8. The standard InChI is InChI=1S/C14H18N2O3/c1-2-9-15-14(19)16-10-12-5-3-11(4-6-12)7-8-13(17)18/h3-8H,2,9-10H2,1H3,(H,17,18)(H2,15,16,19)/b8-7+. The molecule has 0 fully saturated rings. The highest BCUT2D eigenvalue weighted by molar-refractivity contribution is 5.85. The highest BCUT2D eigenvalue weighted by Gasteiger charge is 1.99. The van der Waals surface area contributed by atoms with Gasteiger partial charge in [0.1, 0.15) is 0 Å². The van der Waals surface area contributed by atoms with Crippen LogP contribution in [0.3, 0.4) is 0 Å². The topological polar surface area (TPSA) is 78.4 Å². The molecular formula is C14H18N2O3. The summed E-state index contributed by atoms with van der Waals surface area (Å²) in [6.07, 6.45) is 3.51. The van der Waals surface area contributed by atoms with Crippen LogP contribution in [0.25, 0.3) is 6.08 Å². The van der Waals surface area contributed by atoms with Gasteiger partial charge in [0.2, 0.25) is 0 Å². The van der Waals surface area contributed by atoms with Crippen LogP contribution < -0.4 is 10.6 Å². The van der Waals surface area contributed by atoms with Crippen molar-refractivity contribution in [1.29, 1.82) is 0 Å². The van der Waals surface area contributed by atoms with Gasteiger partial charge in [-0.2, -0.15) is 0 Å². The molecule has 0 aromatic heterocycles. The number of carboxylic acids is 1. The number of aliphatic carboxylic acids is 1. The Hall–Kier alpha value is -2.30. The van der Waals surface area contributed by atoms with E-state index < -0.39 is 5.97 Å². The SMILES string of the molecule is CCCNC(=O)NCc1ccc(/C=C/C(=O)O)cc1. The van der Waals surface area contributed by atoms with E-state index in [-0.39, 0.29) is 6.03 Å². The van der Waals surface area contributed by atoms with Gasteiger partial charge in [-0.3, -0.25) is 0 Å². The summed E-state index contributed by atoms with van der Waals surface area (Å²) in [5.74, 6) is -0.974. The first-order chi connectivity index (χ1) is 9.11. The number of urea groups is 1. The first-order valence-electron chi connectivity index (χ1n) is 6.13. The maximum absolute atomic E-state index is 11.3. The summed E-state index contributed by atoms with van der Waals surface area (Å²) < 4.78 is 0. The number of carbonyl (C=O) groups excluding carboxylic acids is 1. The lowest BCUT2D eigenvalue weighted by atomic mass is 10.1. The lowest BCUT2D eigenvalue weighted by Gasteiger charge is -2.06. The fourth-order valence-corrected chi connectivity index (χ4v) is 1.40. The summed E-state index contributed by atoms with van der Waals surface area (Å²) in [6.45, 7) is 3.09. The predicted octanol–water partition coefficient (Wildman–Crippen LogP) is 1.99. The van der Waals surface area contributed by atoms with Crippen LogP contribution in [0.15, 0.2) is 30.3 Å². The number of carboxylic acid groups (broad SMARTS) is 1. The van der Waals surface area contributed by atoms with Gasteiger partial charge in [0.25, 0.3) is 0 Å². The molecule has 2 amide bonds. The molecule has 0 saturated heterocycles. The molecular weight excluding hydrogens is 244 g/mol. The summed E-state index contributed by atoms with van der Waals surface area (Å²) in [7, 11) is 0. The molecule has 19 heavy (non-hydrogen) atoms. The van der Waals surface area contributed by atoms with E-state index in [2.05, 4.69) is 10.6 Å². The van der Waals surface area contributed by atoms with Crippen molar-refractivity contribution in [3.63, 3.8) is 0 Å². The third-order valence-electron chi connectivity index (χ3n) is 2.39. The molecule has 0 bridgehead atoms. The van der Waals surface area contributed by atoms with Crippen LogP contribution in [0.5, 0.6) is 0 Å². The second-order valence-electron chi connectivity index (χ2n) is 4.02. The summed E-state index contributed by atoms with van der Waals surface area (Å²) in [4.78, 5) is 21.7. The highest BCUT2D eigenvalue weighted by atomic mass is 16.4. The van der Waals surface area contributed by atoms with Gasteiger partial charge in [-0.25, -0.2) is 9.59 Å². The van der Waals surface area contributed by atoms with E-state index in [0.717, 1.165) is 23.6 Å². The van der Waals surface area contributed by atoms with Gasteiger partial charge in [0.05, 0.1) is 0 Å². The van der Waals surface area contributed by atoms with Gasteiger partial charge in [-0.15, -0.1) is 0 Å². The van der Waals surface area contributed by atoms with E-state index in [0.29, 0.717) is 13.1 Å². The smallest absolute Gasteiger partial charge is 0.328 e. The van der Waals surface area contributed by atoms with Gasteiger partial charge in [0.15, 0.2) is 0 Å². The Morgan fingerprint density at radius 3 is 2.47 bits per heavy atom. The van der Waals surface area contributed by atoms with Crippen LogP contribution in [0.4, 0.5) is 4.79 Å². The van der Waals surface area contributed by atoms with Crippen molar-refractivity contribution in [2.45, 2.75) is 19.9 Å². The minimum absolute atomic E-state index is 0.184. The number of hydrogen-bond acceptors (Lipinski definition) is 2. The van der Waals surface area contributed by atoms with Crippen LogP contribution in [0.2, 0.25) is 0 Å². The van der Waals surface area contributed by atoms with Crippen LogP contribution in [-0.4, -0.2) is 23.7 Å². The first-order valence-corrected chi connectivity index (χ1v) is 6.13. The third-order valence-corrected chi connectivity index (χ3v) is 2.39. The molecule has 5 heteroatoms. The van der Waals surface area contributed by atoms with Crippen molar-refractivity contribution in [1.82, 2.24) is 10.6 Å². The first kappa shape index (κ1) is 14.8. The van der Waals surface area contributed by atoms with Crippen molar-refractivity contribution in [3.8, 4) is 0 Å². The van der Waals surface area contributed by atoms with Crippen LogP contribution in [-0.2, 0) is 11.3 Å². The Morgan fingerprint density at radius 2 is 1.89 bits per heavy atom. The van der Waals surface area contributed by atoms with Crippen LogP contribution in [0.1, 0.15) is 24.5 Å². The van der Waals surface area contributed by atoms with Gasteiger partial charge >= 0.3 is 12.0 Å². The average molecular weight is 262 g/mol. The maximum Gasteiger partial charge on any atom is 0.328 e. The lowest BCUT2D eigenvalue weighted by molar-refractivity contribution is -0.131. The van der Waals surface area contributed by atoms with Crippen LogP contribution >= 0.6 is 0 Å². The van der Waals surface area contributed by atoms with E-state index in [4.69, 9.17) is 5.11 Å². The molecule has 0 aliphatic heterocycles. The quantitative estimate of drug-likeness (QED) is 0.686. The summed E-state index contributed by atoms with van der Waals surface area (Å²) in [5, 5.41) is 14.0. The average Bonchev–Trinajstić information content (AvgIpc) is 2.41. The normalized spacial score (nSPS) is 10.4. The van der Waals surface area contributed by atoms with Gasteiger partial charge in [0, 0.05) is 19.2 Å². The van der Waals surface area contributed by atoms with E-state index in [9.17, 15) is 9.59 Å². The molecule has 0 aliphatic rings. The summed E-state index contributed by atoms with van der Waals surface area (Å²) in [5.41, 5.74) is 1.76. The molecule has 1 rings (SSSR count). The van der Waals surface area contributed by atoms with E-state index in [1.165, 1.54) is 6.08 Å². The Bertz CT molecular complexity index is 452. The second kappa shape index (κ2) is 7.92. The third kappa shape index (κ3) is 6.26. The number of rotatable bonds is 6. The van der Waals surface area contributed by atoms with E-state index in [1.54, 1.807) is 12.1 Å². The number of carbonyl (C=O) groups is 2. The second-order valence-corrected chi connectivity index (χ2v) is 4.02. The van der Waals surface area contributed by atoms with Crippen molar-refractivity contribution in [2.75, 3.05) is 6.54 Å². The Labute approximate surface area is 112 Å². The van der Waals surface area contributed by atoms with Gasteiger partial charge in [-0.05, 0) is 23.6 Å². The molecule has 5 nitrogen and oxygen atoms in total. The molecule has 0 radical (unpaired) electrons. The molecule has 3 N–H and O–H groups in total. The molecule has 0 unspecified atom stereocenters. The number of benzene rings is 1. The van der Waals surface area contributed by atoms with Crippen molar-refractivity contribution in [3.05, 3.63) is 41.5 Å². The number of hydrogen-bond donors (Lipinski definition) is 3. The summed E-state index contributed by atoms with van der Waals surface area (Å²) >= 11 is 0. The largest absolute Gasteiger partial charge is 0.478 e. The number of nitrogens with one attached hydrogen (secondary N) is 2. The number of amides is 2. The van der Waals surface area contributed by atoms with Crippen molar-refractivity contribution in [2.24, 2.45) is 0 Å². The Morgan fingerprint density at radius 1 is 1.21 bits per heavy atom. The molecule has 0 atom stereocenters. The molecule has 1 aromatic carbocycles. The highest BCUT2D eigenvalue weighted by Crippen LogP contribution is 2.06. The fourth-order valence-electron chi connectivity index (χ4n) is 1.40. The minimum Gasteiger partial charge on any atom is -0.478 e. The molecule has 0 heterocycles. The van der Waals surface area contributed by atoms with E-state index >= 15 is 0 Å². The molecule has 1 aromatic rings. The van der Waals surface area contributed by atoms with Crippen molar-refractivity contribution < 1.29 is 14.7 Å². The molecule has 0 saturated carbocycles. The molecule has 0 aliphatic carbocycles. The molecule has 102 valence electrons. The monoisotopic (exact) mass is 262 g/mol. The fraction of sp³-hybridized carbons (Fsp3) is 0.286. The van der Waals surface area contributed by atoms with Crippen LogP contribution in [0, 0.1) is 0 Å². The predicted molar refractivity (Wildman–Crippen MR) is 73.6 cm³/mol. The van der Waals surface area contributed by atoms with Gasteiger partial charge in [-0.1, -0.05) is 31.2 Å². The Kier molecular flexibility index (Phi) is 6.15. The van der Waals surface area contributed by atoms with Crippen molar-refractivity contribution >= 4 is 18.1 Å². The molecule has 0 spiro atoms. The van der Waals surface area contributed by atoms with E-state index in [1.807, 2.05) is 19.1 Å². The summed E-state index contributed by atoms with van der Waals surface area (Å²) in [6, 6.07) is 7.13. The zero-order valence-electron chi connectivity index (χ0n) is 10.8.